The number of thiazole rings is 1. The van der Waals surface area contributed by atoms with Crippen LogP contribution >= 0.6 is 11.3 Å². The van der Waals surface area contributed by atoms with Crippen molar-refractivity contribution in [3.63, 3.8) is 0 Å². The standard InChI is InChI=1S/C26H28N2O3S/c1-17-22(28-25(32-17)18-8-6-5-7-9-18)12-13-30-20-10-11-21-19(16-27-23(21)15-20)14-24(29)31-26(2,3)4/h5-11,15-16,27H,12-14H2,1-4H3. The van der Waals surface area contributed by atoms with Gasteiger partial charge in [0.2, 0.25) is 0 Å². The van der Waals surface area contributed by atoms with E-state index < -0.39 is 5.60 Å². The van der Waals surface area contributed by atoms with Crippen LogP contribution in [0.25, 0.3) is 21.5 Å². The molecule has 0 saturated heterocycles. The minimum Gasteiger partial charge on any atom is -0.493 e. The Morgan fingerprint density at radius 2 is 1.91 bits per heavy atom. The van der Waals surface area contributed by atoms with Gasteiger partial charge in [-0.25, -0.2) is 4.98 Å². The molecule has 0 aliphatic heterocycles. The van der Waals surface area contributed by atoms with E-state index >= 15 is 0 Å². The summed E-state index contributed by atoms with van der Waals surface area (Å²) < 4.78 is 11.4. The van der Waals surface area contributed by atoms with Crippen molar-refractivity contribution in [2.24, 2.45) is 0 Å². The first-order chi connectivity index (χ1) is 15.3. The number of aryl methyl sites for hydroxylation is 1. The molecule has 2 aromatic heterocycles. The van der Waals surface area contributed by atoms with Crippen molar-refractivity contribution in [2.45, 2.75) is 46.1 Å². The Morgan fingerprint density at radius 1 is 1.12 bits per heavy atom. The second-order valence-corrected chi connectivity index (χ2v) is 9.97. The Balaban J connectivity index is 1.37. The maximum absolute atomic E-state index is 12.2. The van der Waals surface area contributed by atoms with E-state index in [0.29, 0.717) is 6.61 Å². The molecular weight excluding hydrogens is 420 g/mol. The zero-order valence-electron chi connectivity index (χ0n) is 18.9. The summed E-state index contributed by atoms with van der Waals surface area (Å²) >= 11 is 1.72. The number of H-pyrrole nitrogens is 1. The molecule has 0 fully saturated rings. The topological polar surface area (TPSA) is 64.2 Å². The van der Waals surface area contributed by atoms with Crippen molar-refractivity contribution in [1.82, 2.24) is 9.97 Å². The average molecular weight is 449 g/mol. The number of rotatable bonds is 7. The molecule has 5 nitrogen and oxygen atoms in total. The number of benzene rings is 2. The highest BCUT2D eigenvalue weighted by atomic mass is 32.1. The summed E-state index contributed by atoms with van der Waals surface area (Å²) in [5.74, 6) is 0.562. The van der Waals surface area contributed by atoms with Crippen LogP contribution in [0.4, 0.5) is 0 Å². The Labute approximate surface area is 192 Å². The molecule has 4 rings (SSSR count). The Morgan fingerprint density at radius 3 is 2.66 bits per heavy atom. The van der Waals surface area contributed by atoms with Gasteiger partial charge < -0.3 is 14.5 Å². The van der Waals surface area contributed by atoms with Crippen LogP contribution in [0, 0.1) is 6.92 Å². The average Bonchev–Trinajstić information content (AvgIpc) is 3.30. The predicted molar refractivity (Wildman–Crippen MR) is 129 cm³/mol. The number of hydrogen-bond acceptors (Lipinski definition) is 5. The summed E-state index contributed by atoms with van der Waals surface area (Å²) in [6.45, 7) is 8.28. The highest BCUT2D eigenvalue weighted by Gasteiger charge is 2.18. The molecular formula is C26H28N2O3S. The van der Waals surface area contributed by atoms with Gasteiger partial charge in [-0.3, -0.25) is 4.79 Å². The first kappa shape index (κ1) is 22.1. The second-order valence-electron chi connectivity index (χ2n) is 8.77. The van der Waals surface area contributed by atoms with Gasteiger partial charge in [-0.15, -0.1) is 11.3 Å². The summed E-state index contributed by atoms with van der Waals surface area (Å²) in [4.78, 5) is 21.4. The van der Waals surface area contributed by atoms with Gasteiger partial charge in [0.25, 0.3) is 0 Å². The van der Waals surface area contributed by atoms with Crippen molar-refractivity contribution >= 4 is 28.2 Å². The first-order valence-electron chi connectivity index (χ1n) is 10.7. The molecule has 0 saturated carbocycles. The third-order valence-electron chi connectivity index (χ3n) is 5.01. The number of hydrogen-bond donors (Lipinski definition) is 1. The highest BCUT2D eigenvalue weighted by Crippen LogP contribution is 2.28. The van der Waals surface area contributed by atoms with Crippen LogP contribution in [0.5, 0.6) is 5.75 Å². The molecule has 2 aromatic carbocycles. The van der Waals surface area contributed by atoms with Gasteiger partial charge in [0.15, 0.2) is 0 Å². The highest BCUT2D eigenvalue weighted by molar-refractivity contribution is 7.15. The van der Waals surface area contributed by atoms with E-state index in [1.165, 1.54) is 4.88 Å². The van der Waals surface area contributed by atoms with Crippen molar-refractivity contribution in [2.75, 3.05) is 6.61 Å². The molecule has 32 heavy (non-hydrogen) atoms. The van der Waals surface area contributed by atoms with Crippen molar-refractivity contribution < 1.29 is 14.3 Å². The lowest BCUT2D eigenvalue weighted by molar-refractivity contribution is -0.153. The molecule has 0 spiro atoms. The molecule has 0 bridgehead atoms. The molecule has 0 amide bonds. The molecule has 0 atom stereocenters. The molecule has 166 valence electrons. The molecule has 0 aliphatic carbocycles. The number of aromatic nitrogens is 2. The number of aromatic amines is 1. The van der Waals surface area contributed by atoms with E-state index in [1.54, 1.807) is 11.3 Å². The van der Waals surface area contributed by atoms with Gasteiger partial charge in [-0.2, -0.15) is 0 Å². The zero-order chi connectivity index (χ0) is 22.7. The van der Waals surface area contributed by atoms with E-state index in [1.807, 2.05) is 63.4 Å². The number of carbonyl (C=O) groups is 1. The molecule has 1 N–H and O–H groups in total. The minimum absolute atomic E-state index is 0.229. The van der Waals surface area contributed by atoms with Crippen molar-refractivity contribution in [3.8, 4) is 16.3 Å². The largest absolute Gasteiger partial charge is 0.493 e. The molecule has 0 aliphatic rings. The third-order valence-corrected chi connectivity index (χ3v) is 6.08. The van der Waals surface area contributed by atoms with Crippen LogP contribution < -0.4 is 4.74 Å². The predicted octanol–water partition coefficient (Wildman–Crippen LogP) is 6.11. The van der Waals surface area contributed by atoms with Crippen LogP contribution in [0.2, 0.25) is 0 Å². The number of fused-ring (bicyclic) bond motifs is 1. The van der Waals surface area contributed by atoms with Gasteiger partial charge in [0.1, 0.15) is 16.4 Å². The molecule has 4 aromatic rings. The summed E-state index contributed by atoms with van der Waals surface area (Å²) in [5.41, 5.74) is 3.60. The monoisotopic (exact) mass is 448 g/mol. The SMILES string of the molecule is Cc1sc(-c2ccccc2)nc1CCOc1ccc2c(CC(=O)OC(C)(C)C)c[nH]c2c1. The smallest absolute Gasteiger partial charge is 0.310 e. The fraction of sp³-hybridized carbons (Fsp3) is 0.308. The van der Waals surface area contributed by atoms with Gasteiger partial charge in [0.05, 0.1) is 18.7 Å². The van der Waals surface area contributed by atoms with Gasteiger partial charge in [0, 0.05) is 40.0 Å². The second kappa shape index (κ2) is 9.17. The van der Waals surface area contributed by atoms with Crippen molar-refractivity contribution in [1.29, 1.82) is 0 Å². The van der Waals surface area contributed by atoms with E-state index in [0.717, 1.165) is 44.9 Å². The number of nitrogens with zero attached hydrogens (tertiary/aromatic N) is 1. The van der Waals surface area contributed by atoms with E-state index in [2.05, 4.69) is 24.0 Å². The summed E-state index contributed by atoms with van der Waals surface area (Å²) in [5, 5.41) is 2.05. The van der Waals surface area contributed by atoms with E-state index in [-0.39, 0.29) is 12.4 Å². The van der Waals surface area contributed by atoms with Gasteiger partial charge >= 0.3 is 5.97 Å². The van der Waals surface area contributed by atoms with Crippen LogP contribution in [0.1, 0.15) is 36.9 Å². The summed E-state index contributed by atoms with van der Waals surface area (Å²) in [6.07, 6.45) is 2.86. The Bertz CT molecular complexity index is 1220. The van der Waals surface area contributed by atoms with E-state index in [9.17, 15) is 4.79 Å². The van der Waals surface area contributed by atoms with E-state index in [4.69, 9.17) is 14.5 Å². The van der Waals surface area contributed by atoms with Crippen LogP contribution in [0.3, 0.4) is 0 Å². The van der Waals surface area contributed by atoms with Crippen molar-refractivity contribution in [3.05, 3.63) is 70.9 Å². The maximum Gasteiger partial charge on any atom is 0.310 e. The minimum atomic E-state index is -0.484. The molecule has 6 heteroatoms. The third kappa shape index (κ3) is 5.37. The van der Waals surface area contributed by atoms with Gasteiger partial charge in [-0.1, -0.05) is 30.3 Å². The Kier molecular flexibility index (Phi) is 6.33. The summed E-state index contributed by atoms with van der Waals surface area (Å²) in [6, 6.07) is 16.1. The van der Waals surface area contributed by atoms with Gasteiger partial charge in [-0.05, 0) is 45.4 Å². The first-order valence-corrected chi connectivity index (χ1v) is 11.6. The number of ether oxygens (including phenoxy) is 2. The summed E-state index contributed by atoms with van der Waals surface area (Å²) in [7, 11) is 0. The lowest BCUT2D eigenvalue weighted by Gasteiger charge is -2.19. The lowest BCUT2D eigenvalue weighted by Crippen LogP contribution is -2.24. The molecule has 0 radical (unpaired) electrons. The molecule has 0 unspecified atom stereocenters. The normalized spacial score (nSPS) is 11.6. The van der Waals surface area contributed by atoms with Crippen LogP contribution in [-0.4, -0.2) is 28.1 Å². The molecule has 2 heterocycles. The number of esters is 1. The fourth-order valence-electron chi connectivity index (χ4n) is 3.56. The number of carbonyl (C=O) groups excluding carboxylic acids is 1. The zero-order valence-corrected chi connectivity index (χ0v) is 19.7. The maximum atomic E-state index is 12.2. The Hall–Kier alpha value is -3.12. The quantitative estimate of drug-likeness (QED) is 0.347. The van der Waals surface area contributed by atoms with Crippen LogP contribution in [-0.2, 0) is 22.4 Å². The fourth-order valence-corrected chi connectivity index (χ4v) is 4.53. The van der Waals surface area contributed by atoms with Crippen LogP contribution in [0.15, 0.2) is 54.7 Å². The lowest BCUT2D eigenvalue weighted by atomic mass is 10.1. The number of nitrogens with one attached hydrogen (secondary N) is 1.